The van der Waals surface area contributed by atoms with Crippen LogP contribution in [0.15, 0.2) is 0 Å². The predicted molar refractivity (Wildman–Crippen MR) is 155 cm³/mol. The normalized spacial score (nSPS) is 15.3. The molecule has 0 aliphatic rings. The van der Waals surface area contributed by atoms with E-state index in [2.05, 4.69) is 88.5 Å². The molecule has 0 aromatic carbocycles. The van der Waals surface area contributed by atoms with Gasteiger partial charge in [-0.1, -0.05) is 0 Å². The summed E-state index contributed by atoms with van der Waals surface area (Å²) in [6.45, 7) is 32.1. The summed E-state index contributed by atoms with van der Waals surface area (Å²) in [5.41, 5.74) is 0. The van der Waals surface area contributed by atoms with Gasteiger partial charge < -0.3 is 0 Å². The van der Waals surface area contributed by atoms with Crippen LogP contribution >= 0.6 is 0 Å². The molecule has 0 aromatic rings. The molecule has 0 spiro atoms. The summed E-state index contributed by atoms with van der Waals surface area (Å²) < 4.78 is 19.3. The van der Waals surface area contributed by atoms with Crippen LogP contribution in [-0.4, -0.2) is 45.7 Å². The first kappa shape index (κ1) is 33.2. The molecule has 0 bridgehead atoms. The van der Waals surface area contributed by atoms with Gasteiger partial charge in [0.25, 0.3) is 0 Å². The fourth-order valence-electron chi connectivity index (χ4n) is 4.10. The van der Waals surface area contributed by atoms with E-state index in [9.17, 15) is 0 Å². The van der Waals surface area contributed by atoms with Crippen LogP contribution in [0.5, 0.6) is 0 Å². The Morgan fingerprint density at radius 3 is 1.34 bits per heavy atom. The van der Waals surface area contributed by atoms with E-state index < -0.39 is 35.0 Å². The summed E-state index contributed by atoms with van der Waals surface area (Å²) in [6, 6.07) is 0. The third-order valence-corrected chi connectivity index (χ3v) is 35.0. The van der Waals surface area contributed by atoms with Crippen molar-refractivity contribution in [2.45, 2.75) is 161 Å². The third kappa shape index (κ3) is 10.4. The second kappa shape index (κ2) is 14.0. The van der Waals surface area contributed by atoms with E-state index in [-0.39, 0.29) is 10.1 Å². The van der Waals surface area contributed by atoms with Gasteiger partial charge in [-0.25, -0.2) is 0 Å². The minimum absolute atomic E-state index is 0.267. The van der Waals surface area contributed by atoms with E-state index in [4.69, 9.17) is 8.85 Å². The molecule has 0 aliphatic heterocycles. The van der Waals surface area contributed by atoms with Crippen molar-refractivity contribution in [1.82, 2.24) is 0 Å². The standard InChI is InChI=1S/C15H35O2Si2.3C4H9.Sn/c1-14(2,3)18(7,8)16-12-11-13-17-19(9,10)15(4,5)6;3*1-3-4-2;/h12H,11,13H2,1-10H3;3*1,3-4H2,2H3;. The molecule has 0 fully saturated rings. The van der Waals surface area contributed by atoms with E-state index >= 15 is 0 Å². The van der Waals surface area contributed by atoms with Gasteiger partial charge in [0.05, 0.1) is 0 Å². The zero-order valence-electron chi connectivity index (χ0n) is 24.7. The molecule has 0 rings (SSSR count). The van der Waals surface area contributed by atoms with Crippen molar-refractivity contribution < 1.29 is 8.85 Å². The zero-order chi connectivity index (χ0) is 25.3. The van der Waals surface area contributed by atoms with Crippen molar-refractivity contribution >= 4 is 35.0 Å². The topological polar surface area (TPSA) is 18.5 Å². The quantitative estimate of drug-likeness (QED) is 0.166. The Morgan fingerprint density at radius 1 is 0.656 bits per heavy atom. The Balaban J connectivity index is 6.04. The summed E-state index contributed by atoms with van der Waals surface area (Å²) in [5, 5.41) is 0.541. The number of hydrogen-bond acceptors (Lipinski definition) is 2. The van der Waals surface area contributed by atoms with E-state index in [1.54, 1.807) is 0 Å². The van der Waals surface area contributed by atoms with Crippen LogP contribution < -0.4 is 0 Å². The van der Waals surface area contributed by atoms with Crippen molar-refractivity contribution in [1.29, 1.82) is 0 Å². The van der Waals surface area contributed by atoms with Crippen LogP contribution in [0.2, 0.25) is 49.6 Å². The van der Waals surface area contributed by atoms with Gasteiger partial charge in [-0.2, -0.15) is 0 Å². The molecule has 1 atom stereocenters. The molecule has 0 saturated carbocycles. The molecule has 0 saturated heterocycles. The maximum atomic E-state index is 7.43. The first-order chi connectivity index (χ1) is 14.5. The van der Waals surface area contributed by atoms with Crippen LogP contribution in [-0.2, 0) is 8.85 Å². The third-order valence-electron chi connectivity index (χ3n) is 8.66. The number of unbranched alkanes of at least 4 members (excludes halogenated alkanes) is 3. The van der Waals surface area contributed by atoms with E-state index in [1.807, 2.05) is 0 Å². The predicted octanol–water partition coefficient (Wildman–Crippen LogP) is 10.2. The molecule has 0 heterocycles. The van der Waals surface area contributed by atoms with Gasteiger partial charge in [0, 0.05) is 0 Å². The van der Waals surface area contributed by atoms with Crippen molar-refractivity contribution in [3.8, 4) is 0 Å². The molecule has 1 unspecified atom stereocenters. The average Bonchev–Trinajstić information content (AvgIpc) is 2.65. The van der Waals surface area contributed by atoms with E-state index in [1.165, 1.54) is 51.8 Å². The van der Waals surface area contributed by atoms with Crippen LogP contribution in [0.25, 0.3) is 0 Å². The van der Waals surface area contributed by atoms with E-state index in [0.717, 1.165) is 13.0 Å². The zero-order valence-corrected chi connectivity index (χ0v) is 29.5. The monoisotopic (exact) mass is 594 g/mol. The fraction of sp³-hybridized carbons (Fsp3) is 1.00. The van der Waals surface area contributed by atoms with Gasteiger partial charge >= 0.3 is 211 Å². The van der Waals surface area contributed by atoms with E-state index in [0.29, 0.717) is 4.12 Å². The Hall–Kier alpha value is 1.15. The van der Waals surface area contributed by atoms with Gasteiger partial charge in [0.15, 0.2) is 0 Å². The van der Waals surface area contributed by atoms with Crippen LogP contribution in [0.1, 0.15) is 107 Å². The van der Waals surface area contributed by atoms with Gasteiger partial charge in [0.1, 0.15) is 0 Å². The molecule has 32 heavy (non-hydrogen) atoms. The summed E-state index contributed by atoms with van der Waals surface area (Å²) >= 11 is -2.53. The molecule has 5 heteroatoms. The molecule has 0 radical (unpaired) electrons. The van der Waals surface area contributed by atoms with Crippen molar-refractivity contribution in [3.05, 3.63) is 0 Å². The van der Waals surface area contributed by atoms with Crippen LogP contribution in [0, 0.1) is 0 Å². The molecule has 0 aromatic heterocycles. The average molecular weight is 594 g/mol. The molecule has 0 aliphatic carbocycles. The van der Waals surface area contributed by atoms with Crippen LogP contribution in [0.3, 0.4) is 0 Å². The Bertz CT molecular complexity index is 485. The van der Waals surface area contributed by atoms with Gasteiger partial charge in [-0.15, -0.1) is 0 Å². The maximum absolute atomic E-state index is 7.43. The minimum atomic E-state index is -2.53. The Morgan fingerprint density at radius 2 is 1.03 bits per heavy atom. The summed E-state index contributed by atoms with van der Waals surface area (Å²) in [5.74, 6) is 0. The van der Waals surface area contributed by atoms with Crippen LogP contribution in [0.4, 0.5) is 0 Å². The van der Waals surface area contributed by atoms with Crippen molar-refractivity contribution in [2.24, 2.45) is 0 Å². The summed E-state index contributed by atoms with van der Waals surface area (Å²) in [6.07, 6.45) is 9.34. The second-order valence-corrected chi connectivity index (χ2v) is 36.9. The molecule has 0 N–H and O–H groups in total. The summed E-state index contributed by atoms with van der Waals surface area (Å²) in [7, 11) is -3.54. The Kier molecular flexibility index (Phi) is 14.5. The Labute approximate surface area is 210 Å². The van der Waals surface area contributed by atoms with Gasteiger partial charge in [-0.05, 0) is 0 Å². The van der Waals surface area contributed by atoms with Gasteiger partial charge in [0.2, 0.25) is 0 Å². The SMILES string of the molecule is CCC[CH2][Sn]([CH2]CCC)([CH2]CCC)[CH](CCO[Si](C)(C)C(C)(C)C)O[Si](C)(C)C(C)(C)C. The molecular formula is C27H62O2Si2Sn. The first-order valence-corrected chi connectivity index (χ1v) is 27.3. The molecular weight excluding hydrogens is 531 g/mol. The van der Waals surface area contributed by atoms with Crippen molar-refractivity contribution in [2.75, 3.05) is 6.61 Å². The molecule has 2 nitrogen and oxygen atoms in total. The number of hydrogen-bond donors (Lipinski definition) is 0. The molecule has 0 amide bonds. The first-order valence-electron chi connectivity index (χ1n) is 13.8. The van der Waals surface area contributed by atoms with Gasteiger partial charge in [-0.3, -0.25) is 0 Å². The fourth-order valence-corrected chi connectivity index (χ4v) is 27.3. The second-order valence-electron chi connectivity index (χ2n) is 13.4. The molecule has 194 valence electrons. The number of rotatable bonds is 16. The van der Waals surface area contributed by atoms with Crippen molar-refractivity contribution in [3.63, 3.8) is 0 Å². The summed E-state index contributed by atoms with van der Waals surface area (Å²) in [4.78, 5) is 0.